The molecule has 3 nitrogen and oxygen atoms in total. The van der Waals surface area contributed by atoms with Gasteiger partial charge in [0, 0.05) is 10.6 Å². The van der Waals surface area contributed by atoms with Gasteiger partial charge in [0.2, 0.25) is 0 Å². The Morgan fingerprint density at radius 2 is 1.95 bits per heavy atom. The topological polar surface area (TPSA) is 35.5 Å². The van der Waals surface area contributed by atoms with Crippen LogP contribution in [0.15, 0.2) is 42.5 Å². The first kappa shape index (κ1) is 14.0. The number of hydrogen-bond donors (Lipinski definition) is 0. The van der Waals surface area contributed by atoms with Crippen molar-refractivity contribution in [2.24, 2.45) is 0 Å². The van der Waals surface area contributed by atoms with Crippen molar-refractivity contribution in [2.45, 2.75) is 18.9 Å². The van der Waals surface area contributed by atoms with Crippen molar-refractivity contribution >= 4 is 17.6 Å². The third-order valence-corrected chi connectivity index (χ3v) is 4.17. The first-order valence-corrected chi connectivity index (χ1v) is 7.09. The van der Waals surface area contributed by atoms with Crippen molar-refractivity contribution < 1.29 is 14.3 Å². The molecule has 1 aliphatic rings. The van der Waals surface area contributed by atoms with Crippen molar-refractivity contribution in [1.29, 1.82) is 0 Å². The van der Waals surface area contributed by atoms with Gasteiger partial charge in [-0.1, -0.05) is 41.9 Å². The Bertz CT molecular complexity index is 682. The fourth-order valence-electron chi connectivity index (χ4n) is 2.66. The third kappa shape index (κ3) is 2.38. The highest BCUT2D eigenvalue weighted by Crippen LogP contribution is 2.48. The number of ether oxygens (including phenoxy) is 2. The number of rotatable bonds is 2. The lowest BCUT2D eigenvalue weighted by Crippen LogP contribution is -2.20. The zero-order chi connectivity index (χ0) is 15.0. The number of carbonyl (C=O) groups excluding carboxylic acids is 1. The zero-order valence-corrected chi connectivity index (χ0v) is 12.6. The minimum atomic E-state index is -0.495. The number of halogens is 1. The summed E-state index contributed by atoms with van der Waals surface area (Å²) in [7, 11) is 1.39. The fourth-order valence-corrected chi connectivity index (χ4v) is 2.84. The van der Waals surface area contributed by atoms with Crippen molar-refractivity contribution in [2.75, 3.05) is 7.11 Å². The van der Waals surface area contributed by atoms with Gasteiger partial charge in [-0.05, 0) is 30.2 Å². The summed E-state index contributed by atoms with van der Waals surface area (Å²) in [5, 5.41) is 0.625. The molecule has 2 aromatic rings. The quantitative estimate of drug-likeness (QED) is 0.785. The summed E-state index contributed by atoms with van der Waals surface area (Å²) in [4.78, 5) is 12.2. The molecule has 0 aromatic heterocycles. The molecule has 2 atom stereocenters. The molecule has 0 saturated carbocycles. The largest absolute Gasteiger partial charge is 0.484 e. The van der Waals surface area contributed by atoms with Gasteiger partial charge in [-0.25, -0.2) is 0 Å². The zero-order valence-electron chi connectivity index (χ0n) is 11.8. The Morgan fingerprint density at radius 1 is 1.24 bits per heavy atom. The number of methoxy groups -OCH3 is 1. The Labute approximate surface area is 128 Å². The number of benzene rings is 2. The fraction of sp³-hybridized carbons (Fsp3) is 0.235. The first-order chi connectivity index (χ1) is 10.1. The number of carbonyl (C=O) groups is 1. The molecule has 2 unspecified atom stereocenters. The SMILES string of the molecule is COC(=O)C1c2cc(Cl)c(C)cc2OC1c1ccccc1. The molecule has 21 heavy (non-hydrogen) atoms. The van der Waals surface area contributed by atoms with Gasteiger partial charge in [0.1, 0.15) is 17.8 Å². The van der Waals surface area contributed by atoms with Crippen molar-refractivity contribution in [3.63, 3.8) is 0 Å². The standard InChI is InChI=1S/C17H15ClO3/c1-10-8-14-12(9-13(10)18)15(17(19)20-2)16(21-14)11-6-4-3-5-7-11/h3-9,15-16H,1-2H3. The van der Waals surface area contributed by atoms with E-state index in [-0.39, 0.29) is 12.1 Å². The Kier molecular flexibility index (Phi) is 3.60. The molecule has 4 heteroatoms. The van der Waals surface area contributed by atoms with Gasteiger partial charge in [-0.15, -0.1) is 0 Å². The van der Waals surface area contributed by atoms with E-state index in [1.54, 1.807) is 6.07 Å². The number of aryl methyl sites for hydroxylation is 1. The third-order valence-electron chi connectivity index (χ3n) is 3.77. The number of esters is 1. The average molecular weight is 303 g/mol. The van der Waals surface area contributed by atoms with E-state index in [9.17, 15) is 4.79 Å². The Morgan fingerprint density at radius 3 is 2.62 bits per heavy atom. The van der Waals surface area contributed by atoms with Crippen LogP contribution in [0.25, 0.3) is 0 Å². The van der Waals surface area contributed by atoms with Crippen LogP contribution in [0.1, 0.15) is 28.7 Å². The molecule has 0 bridgehead atoms. The van der Waals surface area contributed by atoms with Crippen LogP contribution in [0.4, 0.5) is 0 Å². The van der Waals surface area contributed by atoms with E-state index in [4.69, 9.17) is 21.1 Å². The first-order valence-electron chi connectivity index (χ1n) is 6.71. The van der Waals surface area contributed by atoms with E-state index < -0.39 is 5.92 Å². The molecule has 108 valence electrons. The van der Waals surface area contributed by atoms with Gasteiger partial charge in [-0.3, -0.25) is 4.79 Å². The molecule has 1 heterocycles. The van der Waals surface area contributed by atoms with E-state index in [1.165, 1.54) is 7.11 Å². The monoisotopic (exact) mass is 302 g/mol. The Balaban J connectivity index is 2.10. The summed E-state index contributed by atoms with van der Waals surface area (Å²) < 4.78 is 11.0. The van der Waals surface area contributed by atoms with Crippen LogP contribution in [-0.2, 0) is 9.53 Å². The predicted octanol–water partition coefficient (Wildman–Crippen LogP) is 4.04. The maximum absolute atomic E-state index is 12.2. The minimum absolute atomic E-state index is 0.317. The summed E-state index contributed by atoms with van der Waals surface area (Å²) >= 11 is 6.19. The molecule has 0 fully saturated rings. The molecule has 3 rings (SSSR count). The lowest BCUT2D eigenvalue weighted by molar-refractivity contribution is -0.144. The van der Waals surface area contributed by atoms with Gasteiger partial charge < -0.3 is 9.47 Å². The smallest absolute Gasteiger partial charge is 0.317 e. The van der Waals surface area contributed by atoms with Crippen LogP contribution >= 0.6 is 11.6 Å². The number of hydrogen-bond acceptors (Lipinski definition) is 3. The van der Waals surface area contributed by atoms with E-state index in [2.05, 4.69) is 0 Å². The second kappa shape index (κ2) is 5.41. The molecule has 0 radical (unpaired) electrons. The maximum atomic E-state index is 12.2. The molecule has 0 spiro atoms. The highest BCUT2D eigenvalue weighted by molar-refractivity contribution is 6.31. The maximum Gasteiger partial charge on any atom is 0.317 e. The summed E-state index contributed by atoms with van der Waals surface area (Å²) in [6.07, 6.45) is -0.383. The summed E-state index contributed by atoms with van der Waals surface area (Å²) in [6, 6.07) is 13.3. The van der Waals surface area contributed by atoms with E-state index in [1.807, 2.05) is 43.3 Å². The second-order valence-corrected chi connectivity index (χ2v) is 5.50. The van der Waals surface area contributed by atoms with E-state index >= 15 is 0 Å². The Hall–Kier alpha value is -2.00. The van der Waals surface area contributed by atoms with Crippen LogP contribution < -0.4 is 4.74 Å². The average Bonchev–Trinajstić information content (AvgIpc) is 2.86. The van der Waals surface area contributed by atoms with Gasteiger partial charge in [0.25, 0.3) is 0 Å². The van der Waals surface area contributed by atoms with Crippen LogP contribution in [0.5, 0.6) is 5.75 Å². The molecule has 0 N–H and O–H groups in total. The van der Waals surface area contributed by atoms with Gasteiger partial charge >= 0.3 is 5.97 Å². The molecule has 0 amide bonds. The molecule has 2 aromatic carbocycles. The van der Waals surface area contributed by atoms with Gasteiger partial charge in [-0.2, -0.15) is 0 Å². The molecular weight excluding hydrogens is 288 g/mol. The molecular formula is C17H15ClO3. The van der Waals surface area contributed by atoms with Crippen molar-refractivity contribution in [3.05, 3.63) is 64.2 Å². The van der Waals surface area contributed by atoms with Crippen molar-refractivity contribution in [3.8, 4) is 5.75 Å². The molecule has 0 aliphatic carbocycles. The van der Waals surface area contributed by atoms with Crippen LogP contribution in [0.2, 0.25) is 5.02 Å². The second-order valence-electron chi connectivity index (χ2n) is 5.09. The summed E-state index contributed by atoms with van der Waals surface area (Å²) in [5.74, 6) is -0.117. The lowest BCUT2D eigenvalue weighted by Gasteiger charge is -2.17. The number of fused-ring (bicyclic) bond motifs is 1. The predicted molar refractivity (Wildman–Crippen MR) is 80.8 cm³/mol. The van der Waals surface area contributed by atoms with Gasteiger partial charge in [0.05, 0.1) is 7.11 Å². The molecule has 0 saturated heterocycles. The van der Waals surface area contributed by atoms with Crippen molar-refractivity contribution in [1.82, 2.24) is 0 Å². The summed E-state index contributed by atoms with van der Waals surface area (Å²) in [5.41, 5.74) is 2.65. The normalized spacial score (nSPS) is 19.8. The van der Waals surface area contributed by atoms with Crippen LogP contribution in [0, 0.1) is 6.92 Å². The highest BCUT2D eigenvalue weighted by atomic mass is 35.5. The van der Waals surface area contributed by atoms with Gasteiger partial charge in [0.15, 0.2) is 0 Å². The minimum Gasteiger partial charge on any atom is -0.484 e. The molecule has 1 aliphatic heterocycles. The van der Waals surface area contributed by atoms with Crippen LogP contribution in [-0.4, -0.2) is 13.1 Å². The summed E-state index contributed by atoms with van der Waals surface area (Å²) in [6.45, 7) is 1.91. The van der Waals surface area contributed by atoms with E-state index in [0.29, 0.717) is 10.8 Å². The van der Waals surface area contributed by atoms with E-state index in [0.717, 1.165) is 16.7 Å². The lowest BCUT2D eigenvalue weighted by atomic mass is 9.91. The van der Waals surface area contributed by atoms with Crippen LogP contribution in [0.3, 0.4) is 0 Å². The highest BCUT2D eigenvalue weighted by Gasteiger charge is 2.41.